The fraction of sp³-hybridized carbons (Fsp3) is 0.481. The largest absolute Gasteiger partial charge is 0.485 e. The molecule has 9 nitrogen and oxygen atoms in total. The monoisotopic (exact) mass is 492 g/mol. The minimum atomic E-state index is -0.922. The molecule has 4 amide bonds. The number of aromatic nitrogens is 1. The number of likely N-dealkylation sites (tertiary alicyclic amines) is 1. The summed E-state index contributed by atoms with van der Waals surface area (Å²) < 4.78 is 11.6. The number of carbonyl (C=O) groups is 3. The zero-order valence-electron chi connectivity index (χ0n) is 20.5. The lowest BCUT2D eigenvalue weighted by Gasteiger charge is -2.41. The number of nitrogens with one attached hydrogen (secondary N) is 1. The molecular formula is C27H32N4O5. The normalized spacial score (nSPS) is 24.1. The molecule has 2 fully saturated rings. The van der Waals surface area contributed by atoms with Crippen LogP contribution in [0.25, 0.3) is 0 Å². The third-order valence-electron chi connectivity index (χ3n) is 7.45. The summed E-state index contributed by atoms with van der Waals surface area (Å²) in [4.78, 5) is 47.1. The van der Waals surface area contributed by atoms with Gasteiger partial charge in [0, 0.05) is 37.9 Å². The third-order valence-corrected chi connectivity index (χ3v) is 7.45. The second-order valence-corrected chi connectivity index (χ2v) is 9.64. The number of pyridine rings is 1. The molecule has 0 saturated carbocycles. The molecule has 3 aliphatic heterocycles. The van der Waals surface area contributed by atoms with Gasteiger partial charge in [0.05, 0.1) is 0 Å². The molecule has 2 aromatic rings. The number of rotatable bonds is 7. The van der Waals surface area contributed by atoms with E-state index in [1.165, 1.54) is 4.90 Å². The van der Waals surface area contributed by atoms with Gasteiger partial charge in [-0.1, -0.05) is 31.5 Å². The molecule has 0 unspecified atom stereocenters. The Balaban J connectivity index is 1.22. The van der Waals surface area contributed by atoms with Gasteiger partial charge in [0.25, 0.3) is 11.8 Å². The Kier molecular flexibility index (Phi) is 6.80. The number of imide groups is 1. The van der Waals surface area contributed by atoms with Crippen molar-refractivity contribution in [2.75, 3.05) is 26.2 Å². The number of benzene rings is 1. The first-order valence-electron chi connectivity index (χ1n) is 12.7. The van der Waals surface area contributed by atoms with E-state index < -0.39 is 11.6 Å². The lowest BCUT2D eigenvalue weighted by Crippen LogP contribution is -2.57. The summed E-state index contributed by atoms with van der Waals surface area (Å²) in [6.45, 7) is 3.51. The van der Waals surface area contributed by atoms with E-state index in [0.717, 1.165) is 12.1 Å². The van der Waals surface area contributed by atoms with Crippen LogP contribution in [0.2, 0.25) is 0 Å². The zero-order chi connectivity index (χ0) is 25.1. The second kappa shape index (κ2) is 10.2. The first-order valence-corrected chi connectivity index (χ1v) is 12.7. The Hall–Kier alpha value is -3.62. The van der Waals surface area contributed by atoms with Gasteiger partial charge in [0.2, 0.25) is 6.10 Å². The Labute approximate surface area is 210 Å². The minimum absolute atomic E-state index is 0.0398. The van der Waals surface area contributed by atoms with Gasteiger partial charge in [-0.05, 0) is 49.4 Å². The molecule has 5 rings (SSSR count). The average Bonchev–Trinajstić information content (AvgIpc) is 3.16. The average molecular weight is 493 g/mol. The molecule has 9 heteroatoms. The van der Waals surface area contributed by atoms with Crippen LogP contribution in [0, 0.1) is 5.92 Å². The molecule has 4 heterocycles. The molecule has 2 atom stereocenters. The molecule has 0 spiro atoms. The lowest BCUT2D eigenvalue weighted by molar-refractivity contribution is -0.143. The van der Waals surface area contributed by atoms with Crippen LogP contribution in [-0.4, -0.2) is 70.5 Å². The van der Waals surface area contributed by atoms with Crippen molar-refractivity contribution in [3.63, 3.8) is 0 Å². The van der Waals surface area contributed by atoms with Crippen LogP contribution in [-0.2, 0) is 16.0 Å². The predicted octanol–water partition coefficient (Wildman–Crippen LogP) is 2.79. The standard InChI is InChI=1S/C27H32N4O5/c1-2-13-27(25(33)31(26(34)29-27)17-12-20-7-5-6-14-28-20)19-10-15-30(16-11-19)24(32)23-18-35-21-8-3-4-9-22(21)36-23/h3-9,14,19,23H,2,10-13,15-18H2,1H3,(H,29,34)/t23-,27+/m1/s1. The number of hydrogen-bond donors (Lipinski definition) is 1. The highest BCUT2D eigenvalue weighted by atomic mass is 16.6. The SMILES string of the molecule is CCC[C@@]1(C2CCN(C(=O)[C@H]3COc4ccccc4O3)CC2)NC(=O)N(CCc2ccccn2)C1=O. The summed E-state index contributed by atoms with van der Waals surface area (Å²) in [5, 5.41) is 3.06. The van der Waals surface area contributed by atoms with Gasteiger partial charge in [-0.25, -0.2) is 4.79 Å². The van der Waals surface area contributed by atoms with Gasteiger partial charge in [-0.15, -0.1) is 0 Å². The number of carbonyl (C=O) groups excluding carboxylic acids is 3. The number of ether oxygens (including phenoxy) is 2. The van der Waals surface area contributed by atoms with E-state index in [-0.39, 0.29) is 30.4 Å². The molecule has 0 bridgehead atoms. The fourth-order valence-electron chi connectivity index (χ4n) is 5.60. The number of urea groups is 1. The van der Waals surface area contributed by atoms with Crippen molar-refractivity contribution in [1.82, 2.24) is 20.1 Å². The molecule has 3 aliphatic rings. The van der Waals surface area contributed by atoms with Crippen LogP contribution >= 0.6 is 0 Å². The minimum Gasteiger partial charge on any atom is -0.485 e. The zero-order valence-corrected chi connectivity index (χ0v) is 20.5. The van der Waals surface area contributed by atoms with Crippen molar-refractivity contribution in [3.05, 3.63) is 54.4 Å². The van der Waals surface area contributed by atoms with E-state index in [1.807, 2.05) is 43.3 Å². The van der Waals surface area contributed by atoms with E-state index in [0.29, 0.717) is 56.8 Å². The number of para-hydroxylation sites is 2. The molecule has 190 valence electrons. The van der Waals surface area contributed by atoms with Gasteiger partial charge in [-0.3, -0.25) is 19.5 Å². The lowest BCUT2D eigenvalue weighted by atomic mass is 9.74. The van der Waals surface area contributed by atoms with Gasteiger partial charge >= 0.3 is 6.03 Å². The van der Waals surface area contributed by atoms with E-state index in [4.69, 9.17) is 9.47 Å². The van der Waals surface area contributed by atoms with Crippen LogP contribution in [0.5, 0.6) is 11.5 Å². The summed E-state index contributed by atoms with van der Waals surface area (Å²) in [5.41, 5.74) is -0.0801. The quantitative estimate of drug-likeness (QED) is 0.597. The maximum absolute atomic E-state index is 13.6. The Morgan fingerprint density at radius 3 is 2.58 bits per heavy atom. The maximum Gasteiger partial charge on any atom is 0.325 e. The van der Waals surface area contributed by atoms with Crippen molar-refractivity contribution >= 4 is 17.8 Å². The summed E-state index contributed by atoms with van der Waals surface area (Å²) in [6, 6.07) is 12.6. The first kappa shape index (κ1) is 24.1. The number of amides is 4. The van der Waals surface area contributed by atoms with Gasteiger partial charge in [-0.2, -0.15) is 0 Å². The number of fused-ring (bicyclic) bond motifs is 1. The van der Waals surface area contributed by atoms with Crippen LogP contribution in [0.1, 0.15) is 38.3 Å². The summed E-state index contributed by atoms with van der Waals surface area (Å²) in [6.07, 6.45) is 4.16. The van der Waals surface area contributed by atoms with E-state index in [9.17, 15) is 14.4 Å². The molecule has 1 aromatic carbocycles. The van der Waals surface area contributed by atoms with E-state index >= 15 is 0 Å². The molecule has 2 saturated heterocycles. The van der Waals surface area contributed by atoms with Crippen molar-refractivity contribution in [2.24, 2.45) is 5.92 Å². The molecule has 0 aliphatic carbocycles. The predicted molar refractivity (Wildman–Crippen MR) is 131 cm³/mol. The Morgan fingerprint density at radius 1 is 1.11 bits per heavy atom. The molecule has 1 N–H and O–H groups in total. The van der Waals surface area contributed by atoms with Crippen molar-refractivity contribution in [1.29, 1.82) is 0 Å². The van der Waals surface area contributed by atoms with Gasteiger partial charge in [0.15, 0.2) is 11.5 Å². The maximum atomic E-state index is 13.6. The summed E-state index contributed by atoms with van der Waals surface area (Å²) in [7, 11) is 0. The molecule has 1 aromatic heterocycles. The van der Waals surface area contributed by atoms with Crippen LogP contribution in [0.3, 0.4) is 0 Å². The van der Waals surface area contributed by atoms with Crippen LogP contribution in [0.15, 0.2) is 48.7 Å². The topological polar surface area (TPSA) is 101 Å². The smallest absolute Gasteiger partial charge is 0.325 e. The van der Waals surface area contributed by atoms with Gasteiger partial charge < -0.3 is 19.7 Å². The summed E-state index contributed by atoms with van der Waals surface area (Å²) >= 11 is 0. The fourth-order valence-corrected chi connectivity index (χ4v) is 5.60. The first-order chi connectivity index (χ1) is 17.5. The Bertz CT molecular complexity index is 1120. The van der Waals surface area contributed by atoms with Crippen LogP contribution < -0.4 is 14.8 Å². The van der Waals surface area contributed by atoms with Crippen LogP contribution in [0.4, 0.5) is 4.79 Å². The van der Waals surface area contributed by atoms with Crippen molar-refractivity contribution in [2.45, 2.75) is 50.7 Å². The number of nitrogens with zero attached hydrogens (tertiary/aromatic N) is 3. The van der Waals surface area contributed by atoms with E-state index in [1.54, 1.807) is 17.2 Å². The highest BCUT2D eigenvalue weighted by Crippen LogP contribution is 2.38. The third kappa shape index (κ3) is 4.50. The highest BCUT2D eigenvalue weighted by Gasteiger charge is 2.55. The van der Waals surface area contributed by atoms with E-state index in [2.05, 4.69) is 10.3 Å². The molecular weight excluding hydrogens is 460 g/mol. The number of hydrogen-bond acceptors (Lipinski definition) is 6. The second-order valence-electron chi connectivity index (χ2n) is 9.64. The molecule has 36 heavy (non-hydrogen) atoms. The van der Waals surface area contributed by atoms with Crippen molar-refractivity contribution < 1.29 is 23.9 Å². The highest BCUT2D eigenvalue weighted by molar-refractivity contribution is 6.07. The van der Waals surface area contributed by atoms with Gasteiger partial charge in [0.1, 0.15) is 12.1 Å². The Morgan fingerprint density at radius 2 is 1.86 bits per heavy atom. The number of piperidine rings is 1. The summed E-state index contributed by atoms with van der Waals surface area (Å²) in [5.74, 6) is 0.915. The molecule has 0 radical (unpaired) electrons. The van der Waals surface area contributed by atoms with Crippen molar-refractivity contribution in [3.8, 4) is 11.5 Å².